The van der Waals surface area contributed by atoms with Crippen LogP contribution in [-0.4, -0.2) is 16.1 Å². The van der Waals surface area contributed by atoms with Crippen LogP contribution in [0.1, 0.15) is 10.4 Å². The molecule has 2 rings (SSSR count). The highest BCUT2D eigenvalue weighted by atomic mass is 79.9. The van der Waals surface area contributed by atoms with E-state index in [4.69, 9.17) is 16.7 Å². The first-order valence-corrected chi connectivity index (χ1v) is 5.24. The van der Waals surface area contributed by atoms with Gasteiger partial charge in [-0.1, -0.05) is 33.6 Å². The zero-order chi connectivity index (χ0) is 11.0. The molecule has 1 heterocycles. The van der Waals surface area contributed by atoms with Gasteiger partial charge in [-0.2, -0.15) is 0 Å². The number of rotatable bonds is 1. The molecule has 5 heteroatoms. The van der Waals surface area contributed by atoms with E-state index < -0.39 is 5.97 Å². The molecular weight excluding hydrogens is 281 g/mol. The van der Waals surface area contributed by atoms with Crippen molar-refractivity contribution >= 4 is 44.4 Å². The third-order valence-corrected chi connectivity index (χ3v) is 2.66. The average molecular weight is 287 g/mol. The maximum atomic E-state index is 11.0. The normalized spacial score (nSPS) is 10.5. The number of carbonyl (C=O) groups is 1. The number of hydrogen-bond acceptors (Lipinski definition) is 2. The molecule has 0 fully saturated rings. The average Bonchev–Trinajstić information content (AvgIpc) is 2.15. The van der Waals surface area contributed by atoms with Gasteiger partial charge in [0.15, 0.2) is 0 Å². The zero-order valence-electron chi connectivity index (χ0n) is 7.37. The standard InChI is InChI=1S/C10H5BrClNO2/c11-5-1-2-6-7(10(14)15)4-9(12)13-8(6)3-5/h1-4H,(H,14,15). The van der Waals surface area contributed by atoms with E-state index in [1.54, 1.807) is 18.2 Å². The van der Waals surface area contributed by atoms with E-state index in [-0.39, 0.29) is 10.7 Å². The number of halogens is 2. The van der Waals surface area contributed by atoms with Gasteiger partial charge in [-0.3, -0.25) is 0 Å². The molecule has 0 radical (unpaired) electrons. The Morgan fingerprint density at radius 2 is 2.13 bits per heavy atom. The highest BCUT2D eigenvalue weighted by molar-refractivity contribution is 9.10. The summed E-state index contributed by atoms with van der Waals surface area (Å²) in [5, 5.41) is 9.74. The molecule has 3 nitrogen and oxygen atoms in total. The molecule has 0 saturated heterocycles. The number of hydrogen-bond donors (Lipinski definition) is 1. The first-order valence-electron chi connectivity index (χ1n) is 4.07. The molecule has 2 aromatic rings. The second-order valence-corrected chi connectivity index (χ2v) is 4.26. The SMILES string of the molecule is O=C(O)c1cc(Cl)nc2cc(Br)ccc12. The van der Waals surface area contributed by atoms with Crippen molar-refractivity contribution < 1.29 is 9.90 Å². The Morgan fingerprint density at radius 3 is 2.80 bits per heavy atom. The van der Waals surface area contributed by atoms with Crippen molar-refractivity contribution in [1.82, 2.24) is 4.98 Å². The van der Waals surface area contributed by atoms with Crippen LogP contribution in [0.5, 0.6) is 0 Å². The maximum absolute atomic E-state index is 11.0. The van der Waals surface area contributed by atoms with Gasteiger partial charge >= 0.3 is 5.97 Å². The Hall–Kier alpha value is -1.13. The molecule has 15 heavy (non-hydrogen) atoms. The molecule has 0 aliphatic carbocycles. The Kier molecular flexibility index (Phi) is 2.63. The summed E-state index contributed by atoms with van der Waals surface area (Å²) in [5.74, 6) is -1.01. The summed E-state index contributed by atoms with van der Waals surface area (Å²) < 4.78 is 0.834. The van der Waals surface area contributed by atoms with Crippen LogP contribution in [0.4, 0.5) is 0 Å². The number of nitrogens with zero attached hydrogens (tertiary/aromatic N) is 1. The van der Waals surface area contributed by atoms with Crippen molar-refractivity contribution in [3.8, 4) is 0 Å². The number of benzene rings is 1. The molecule has 0 bridgehead atoms. The lowest BCUT2D eigenvalue weighted by atomic mass is 10.1. The van der Waals surface area contributed by atoms with E-state index in [0.717, 1.165) is 4.47 Å². The van der Waals surface area contributed by atoms with Crippen molar-refractivity contribution in [1.29, 1.82) is 0 Å². The van der Waals surface area contributed by atoms with E-state index >= 15 is 0 Å². The Morgan fingerprint density at radius 1 is 1.40 bits per heavy atom. The molecule has 76 valence electrons. The van der Waals surface area contributed by atoms with Crippen molar-refractivity contribution in [3.63, 3.8) is 0 Å². The van der Waals surface area contributed by atoms with Gasteiger partial charge in [0.05, 0.1) is 11.1 Å². The molecule has 0 unspecified atom stereocenters. The molecular formula is C10H5BrClNO2. The number of carboxylic acids is 1. The predicted octanol–water partition coefficient (Wildman–Crippen LogP) is 3.35. The largest absolute Gasteiger partial charge is 0.478 e. The molecule has 0 amide bonds. The second-order valence-electron chi connectivity index (χ2n) is 2.96. The van der Waals surface area contributed by atoms with Gasteiger partial charge < -0.3 is 5.11 Å². The van der Waals surface area contributed by atoms with E-state index in [2.05, 4.69) is 20.9 Å². The lowest BCUT2D eigenvalue weighted by Crippen LogP contribution is -1.98. The molecule has 0 spiro atoms. The fraction of sp³-hybridized carbons (Fsp3) is 0. The Labute approximate surface area is 98.8 Å². The summed E-state index contributed by atoms with van der Waals surface area (Å²) in [5.41, 5.74) is 0.728. The van der Waals surface area contributed by atoms with Gasteiger partial charge in [0.25, 0.3) is 0 Å². The first-order chi connectivity index (χ1) is 7.08. The zero-order valence-corrected chi connectivity index (χ0v) is 9.71. The summed E-state index contributed by atoms with van der Waals surface area (Å²) in [6.07, 6.45) is 0. The fourth-order valence-electron chi connectivity index (χ4n) is 1.35. The van der Waals surface area contributed by atoms with Gasteiger partial charge in [-0.05, 0) is 18.2 Å². The maximum Gasteiger partial charge on any atom is 0.336 e. The molecule has 0 aliphatic rings. The quantitative estimate of drug-likeness (QED) is 0.818. The highest BCUT2D eigenvalue weighted by Crippen LogP contribution is 2.24. The Balaban J connectivity index is 2.86. The first kappa shape index (κ1) is 10.4. The van der Waals surface area contributed by atoms with E-state index in [1.165, 1.54) is 6.07 Å². The molecule has 1 aromatic carbocycles. The van der Waals surface area contributed by atoms with Crippen LogP contribution in [-0.2, 0) is 0 Å². The summed E-state index contributed by atoms with van der Waals surface area (Å²) in [7, 11) is 0. The van der Waals surface area contributed by atoms with E-state index in [0.29, 0.717) is 10.9 Å². The lowest BCUT2D eigenvalue weighted by molar-refractivity contribution is 0.0699. The van der Waals surface area contributed by atoms with Gasteiger partial charge in [-0.25, -0.2) is 9.78 Å². The van der Waals surface area contributed by atoms with Gasteiger partial charge in [0.1, 0.15) is 5.15 Å². The van der Waals surface area contributed by atoms with Gasteiger partial charge in [0.2, 0.25) is 0 Å². The van der Waals surface area contributed by atoms with Crippen LogP contribution >= 0.6 is 27.5 Å². The smallest absolute Gasteiger partial charge is 0.336 e. The van der Waals surface area contributed by atoms with Crippen LogP contribution in [0.3, 0.4) is 0 Å². The summed E-state index contributed by atoms with van der Waals surface area (Å²) in [4.78, 5) is 15.0. The molecule has 0 atom stereocenters. The molecule has 0 saturated carbocycles. The van der Waals surface area contributed by atoms with Crippen LogP contribution < -0.4 is 0 Å². The summed E-state index contributed by atoms with van der Waals surface area (Å²) >= 11 is 9.02. The van der Waals surface area contributed by atoms with Crippen LogP contribution in [0.2, 0.25) is 5.15 Å². The van der Waals surface area contributed by atoms with Crippen LogP contribution in [0.25, 0.3) is 10.9 Å². The minimum Gasteiger partial charge on any atom is -0.478 e. The van der Waals surface area contributed by atoms with Crippen LogP contribution in [0, 0.1) is 0 Å². The minimum absolute atomic E-state index is 0.164. The van der Waals surface area contributed by atoms with Gasteiger partial charge in [0, 0.05) is 9.86 Å². The molecule has 1 aromatic heterocycles. The third-order valence-electron chi connectivity index (χ3n) is 1.97. The number of fused-ring (bicyclic) bond motifs is 1. The molecule has 0 aliphatic heterocycles. The minimum atomic E-state index is -1.01. The highest BCUT2D eigenvalue weighted by Gasteiger charge is 2.10. The number of aromatic carboxylic acids is 1. The Bertz CT molecular complexity index is 551. The third kappa shape index (κ3) is 1.96. The monoisotopic (exact) mass is 285 g/mol. The predicted molar refractivity (Wildman–Crippen MR) is 61.4 cm³/mol. The number of carboxylic acid groups (broad SMARTS) is 1. The number of pyridine rings is 1. The summed E-state index contributed by atoms with van der Waals surface area (Å²) in [6, 6.07) is 6.55. The fourth-order valence-corrected chi connectivity index (χ4v) is 1.90. The van der Waals surface area contributed by atoms with E-state index in [1.807, 2.05) is 0 Å². The van der Waals surface area contributed by atoms with Crippen molar-refractivity contribution in [2.24, 2.45) is 0 Å². The lowest BCUT2D eigenvalue weighted by Gasteiger charge is -2.03. The topological polar surface area (TPSA) is 50.2 Å². The number of aromatic nitrogens is 1. The second kappa shape index (κ2) is 3.79. The van der Waals surface area contributed by atoms with Crippen molar-refractivity contribution in [3.05, 3.63) is 39.5 Å². The molecule has 1 N–H and O–H groups in total. The van der Waals surface area contributed by atoms with Crippen molar-refractivity contribution in [2.75, 3.05) is 0 Å². The van der Waals surface area contributed by atoms with Gasteiger partial charge in [-0.15, -0.1) is 0 Å². The van der Waals surface area contributed by atoms with Crippen LogP contribution in [0.15, 0.2) is 28.7 Å². The van der Waals surface area contributed by atoms with Crippen molar-refractivity contribution in [2.45, 2.75) is 0 Å². The summed E-state index contributed by atoms with van der Waals surface area (Å²) in [6.45, 7) is 0. The van der Waals surface area contributed by atoms with E-state index in [9.17, 15) is 4.79 Å².